The van der Waals surface area contributed by atoms with Crippen LogP contribution in [0.15, 0.2) is 34.2 Å². The lowest BCUT2D eigenvalue weighted by Gasteiger charge is -2.07. The van der Waals surface area contributed by atoms with Gasteiger partial charge in [0.25, 0.3) is 5.56 Å². The fourth-order valence-corrected chi connectivity index (χ4v) is 3.99. The van der Waals surface area contributed by atoms with Gasteiger partial charge in [-0.2, -0.15) is 11.8 Å². The molecule has 0 bridgehead atoms. The monoisotopic (exact) mass is 376 g/mol. The van der Waals surface area contributed by atoms with E-state index in [9.17, 15) is 14.4 Å². The van der Waals surface area contributed by atoms with Gasteiger partial charge in [0.2, 0.25) is 11.8 Å². The van der Waals surface area contributed by atoms with Crippen LogP contribution in [-0.4, -0.2) is 27.5 Å². The summed E-state index contributed by atoms with van der Waals surface area (Å²) in [5.41, 5.74) is 2.72. The van der Waals surface area contributed by atoms with Crippen LogP contribution in [0.25, 0.3) is 0 Å². The molecule has 1 aliphatic heterocycles. The van der Waals surface area contributed by atoms with Crippen molar-refractivity contribution in [1.82, 2.24) is 9.97 Å². The first kappa shape index (κ1) is 17.6. The van der Waals surface area contributed by atoms with Crippen molar-refractivity contribution in [3.8, 4) is 0 Å². The fourth-order valence-electron chi connectivity index (χ4n) is 2.28. The molecule has 0 unspecified atom stereocenters. The van der Waals surface area contributed by atoms with Crippen LogP contribution in [0.5, 0.6) is 0 Å². The molecular formula is C16H16N4O3S2. The third kappa shape index (κ3) is 4.64. The molecule has 2 amide bonds. The van der Waals surface area contributed by atoms with E-state index in [4.69, 9.17) is 0 Å². The summed E-state index contributed by atoms with van der Waals surface area (Å²) >= 11 is 2.85. The molecular weight excluding hydrogens is 360 g/mol. The Balaban J connectivity index is 1.55. The number of nitrogens with zero attached hydrogens (tertiary/aromatic N) is 1. The highest BCUT2D eigenvalue weighted by Crippen LogP contribution is 2.26. The maximum absolute atomic E-state index is 12.0. The van der Waals surface area contributed by atoms with Crippen molar-refractivity contribution < 1.29 is 9.59 Å². The van der Waals surface area contributed by atoms with Gasteiger partial charge in [0.15, 0.2) is 5.16 Å². The largest absolute Gasteiger partial charge is 0.326 e. The van der Waals surface area contributed by atoms with E-state index in [0.29, 0.717) is 22.3 Å². The molecule has 0 fully saturated rings. The Hall–Kier alpha value is -2.26. The summed E-state index contributed by atoms with van der Waals surface area (Å²) in [4.78, 5) is 42.1. The second-order valence-electron chi connectivity index (χ2n) is 5.38. The normalized spacial score (nSPS) is 12.5. The zero-order valence-corrected chi connectivity index (χ0v) is 15.1. The van der Waals surface area contributed by atoms with Crippen molar-refractivity contribution in [2.75, 3.05) is 16.4 Å². The van der Waals surface area contributed by atoms with Gasteiger partial charge in [-0.15, -0.1) is 0 Å². The molecule has 0 atom stereocenters. The number of aromatic amines is 1. The number of H-pyrrole nitrogens is 1. The van der Waals surface area contributed by atoms with Gasteiger partial charge >= 0.3 is 0 Å². The SMILES string of the molecule is CC(=O)Nc1ccc(NC(=O)CSc2nc3c(c(=O)[nH]2)CSC3)cc1. The smallest absolute Gasteiger partial charge is 0.255 e. The van der Waals surface area contributed by atoms with Crippen LogP contribution >= 0.6 is 23.5 Å². The number of nitrogens with one attached hydrogen (secondary N) is 3. The predicted molar refractivity (Wildman–Crippen MR) is 100.0 cm³/mol. The van der Waals surface area contributed by atoms with E-state index in [1.165, 1.54) is 18.7 Å². The molecule has 0 saturated heterocycles. The molecule has 0 spiro atoms. The fraction of sp³-hybridized carbons (Fsp3) is 0.250. The van der Waals surface area contributed by atoms with Crippen LogP contribution in [0.2, 0.25) is 0 Å². The molecule has 3 rings (SSSR count). The van der Waals surface area contributed by atoms with E-state index in [1.54, 1.807) is 36.0 Å². The topological polar surface area (TPSA) is 104 Å². The van der Waals surface area contributed by atoms with Gasteiger partial charge in [-0.25, -0.2) is 4.98 Å². The van der Waals surface area contributed by atoms with Gasteiger partial charge < -0.3 is 15.6 Å². The molecule has 1 aromatic heterocycles. The summed E-state index contributed by atoms with van der Waals surface area (Å²) < 4.78 is 0. The molecule has 0 saturated carbocycles. The number of fused-ring (bicyclic) bond motifs is 1. The molecule has 0 radical (unpaired) electrons. The molecule has 0 aliphatic carbocycles. The minimum absolute atomic E-state index is 0.119. The summed E-state index contributed by atoms with van der Waals surface area (Å²) in [6.07, 6.45) is 0. The average Bonchev–Trinajstić information content (AvgIpc) is 3.03. The second-order valence-corrected chi connectivity index (χ2v) is 7.33. The van der Waals surface area contributed by atoms with E-state index in [2.05, 4.69) is 20.6 Å². The zero-order chi connectivity index (χ0) is 17.8. The van der Waals surface area contributed by atoms with Gasteiger partial charge in [0.05, 0.1) is 11.4 Å². The molecule has 130 valence electrons. The Kier molecular flexibility index (Phi) is 5.44. The lowest BCUT2D eigenvalue weighted by atomic mass is 10.3. The number of anilines is 2. The van der Waals surface area contributed by atoms with Crippen molar-refractivity contribution >= 4 is 46.7 Å². The number of carbonyl (C=O) groups excluding carboxylic acids is 2. The number of amides is 2. The summed E-state index contributed by atoms with van der Waals surface area (Å²) in [6.45, 7) is 1.43. The van der Waals surface area contributed by atoms with Crippen molar-refractivity contribution in [3.63, 3.8) is 0 Å². The van der Waals surface area contributed by atoms with Gasteiger partial charge in [-0.3, -0.25) is 14.4 Å². The number of carbonyl (C=O) groups is 2. The molecule has 1 aliphatic rings. The van der Waals surface area contributed by atoms with E-state index in [-0.39, 0.29) is 23.1 Å². The number of hydrogen-bond donors (Lipinski definition) is 3. The van der Waals surface area contributed by atoms with Gasteiger partial charge in [-0.1, -0.05) is 11.8 Å². The van der Waals surface area contributed by atoms with Gasteiger partial charge in [0.1, 0.15) is 0 Å². The van der Waals surface area contributed by atoms with Crippen LogP contribution < -0.4 is 16.2 Å². The standard InChI is InChI=1S/C16H16N4O3S2/c1-9(21)17-10-2-4-11(5-3-10)18-14(22)8-25-16-19-13-7-24-6-12(13)15(23)20-16/h2-5H,6-8H2,1H3,(H,17,21)(H,18,22)(H,19,20,23). The van der Waals surface area contributed by atoms with Crippen molar-refractivity contribution in [3.05, 3.63) is 45.9 Å². The minimum Gasteiger partial charge on any atom is -0.326 e. The Labute approximate surface area is 152 Å². The molecule has 7 nitrogen and oxygen atoms in total. The zero-order valence-electron chi connectivity index (χ0n) is 13.4. The Morgan fingerprint density at radius 1 is 1.20 bits per heavy atom. The molecule has 2 aromatic rings. The van der Waals surface area contributed by atoms with Crippen LogP contribution in [-0.2, 0) is 21.1 Å². The number of thioether (sulfide) groups is 2. The van der Waals surface area contributed by atoms with Crippen LogP contribution in [0.4, 0.5) is 11.4 Å². The summed E-state index contributed by atoms with van der Waals surface area (Å²) in [6, 6.07) is 6.84. The van der Waals surface area contributed by atoms with E-state index in [0.717, 1.165) is 17.0 Å². The maximum Gasteiger partial charge on any atom is 0.255 e. The highest BCUT2D eigenvalue weighted by Gasteiger charge is 2.18. The van der Waals surface area contributed by atoms with E-state index < -0.39 is 0 Å². The minimum atomic E-state index is -0.199. The second kappa shape index (κ2) is 7.75. The highest BCUT2D eigenvalue weighted by atomic mass is 32.2. The van der Waals surface area contributed by atoms with Gasteiger partial charge in [0, 0.05) is 35.4 Å². The quantitative estimate of drug-likeness (QED) is 0.546. The number of hydrogen-bond acceptors (Lipinski definition) is 6. The van der Waals surface area contributed by atoms with E-state index in [1.807, 2.05) is 0 Å². The average molecular weight is 376 g/mol. The van der Waals surface area contributed by atoms with Crippen LogP contribution in [0.3, 0.4) is 0 Å². The molecule has 1 aromatic carbocycles. The predicted octanol–water partition coefficient (Wildman–Crippen LogP) is 2.21. The number of rotatable bonds is 5. The maximum atomic E-state index is 12.0. The van der Waals surface area contributed by atoms with Crippen molar-refractivity contribution in [2.24, 2.45) is 0 Å². The summed E-state index contributed by atoms with van der Waals surface area (Å²) in [5, 5.41) is 5.88. The first-order chi connectivity index (χ1) is 12.0. The van der Waals surface area contributed by atoms with Crippen LogP contribution in [0.1, 0.15) is 18.2 Å². The van der Waals surface area contributed by atoms with E-state index >= 15 is 0 Å². The Bertz CT molecular complexity index is 865. The molecule has 3 N–H and O–H groups in total. The lowest BCUT2D eigenvalue weighted by Crippen LogP contribution is -2.17. The summed E-state index contributed by atoms with van der Waals surface area (Å²) in [7, 11) is 0. The Morgan fingerprint density at radius 3 is 2.56 bits per heavy atom. The molecule has 25 heavy (non-hydrogen) atoms. The Morgan fingerprint density at radius 2 is 1.88 bits per heavy atom. The third-order valence-electron chi connectivity index (χ3n) is 3.39. The lowest BCUT2D eigenvalue weighted by molar-refractivity contribution is -0.114. The van der Waals surface area contributed by atoms with Crippen molar-refractivity contribution in [1.29, 1.82) is 0 Å². The number of benzene rings is 1. The summed E-state index contributed by atoms with van der Waals surface area (Å²) in [5.74, 6) is 1.22. The first-order valence-electron chi connectivity index (χ1n) is 7.51. The molecule has 2 heterocycles. The van der Waals surface area contributed by atoms with Crippen LogP contribution in [0, 0.1) is 0 Å². The van der Waals surface area contributed by atoms with Gasteiger partial charge in [-0.05, 0) is 24.3 Å². The highest BCUT2D eigenvalue weighted by molar-refractivity contribution is 7.99. The first-order valence-corrected chi connectivity index (χ1v) is 9.65. The van der Waals surface area contributed by atoms with Crippen molar-refractivity contribution in [2.45, 2.75) is 23.6 Å². The molecule has 9 heteroatoms. The number of aromatic nitrogens is 2. The third-order valence-corrected chi connectivity index (χ3v) is 5.24.